The number of hydrogen-bond acceptors (Lipinski definition) is 6. The summed E-state index contributed by atoms with van der Waals surface area (Å²) in [7, 11) is 2.66. The average Bonchev–Trinajstić information content (AvgIpc) is 2.94. The standard InChI is InChI=1S/C17H19NO5/c1-21-16(19)12-8-6-11(7-9-12)4-3-5-13-10-23-15(18)14(13)17(20)22-2/h6-10H,3-5,18H2,1-2H3. The Kier molecular flexibility index (Phi) is 5.41. The highest BCUT2D eigenvalue weighted by molar-refractivity contribution is 5.95. The summed E-state index contributed by atoms with van der Waals surface area (Å²) in [5.74, 6) is -0.767. The maximum Gasteiger partial charge on any atom is 0.343 e. The van der Waals surface area contributed by atoms with E-state index in [4.69, 9.17) is 14.9 Å². The van der Waals surface area contributed by atoms with Crippen molar-refractivity contribution in [2.75, 3.05) is 20.0 Å². The molecule has 0 amide bonds. The Morgan fingerprint density at radius 1 is 1.04 bits per heavy atom. The Bertz CT molecular complexity index is 688. The predicted molar refractivity (Wildman–Crippen MR) is 84.3 cm³/mol. The van der Waals surface area contributed by atoms with Gasteiger partial charge < -0.3 is 19.6 Å². The van der Waals surface area contributed by atoms with Gasteiger partial charge >= 0.3 is 11.9 Å². The molecule has 2 N–H and O–H groups in total. The predicted octanol–water partition coefficient (Wildman–Crippen LogP) is 2.61. The van der Waals surface area contributed by atoms with Crippen molar-refractivity contribution in [2.24, 2.45) is 0 Å². The molecular weight excluding hydrogens is 298 g/mol. The van der Waals surface area contributed by atoms with Gasteiger partial charge in [-0.05, 0) is 37.0 Å². The second-order valence-electron chi connectivity index (χ2n) is 5.03. The molecule has 6 nitrogen and oxygen atoms in total. The minimum absolute atomic E-state index is 0.0780. The van der Waals surface area contributed by atoms with Crippen molar-refractivity contribution in [1.29, 1.82) is 0 Å². The van der Waals surface area contributed by atoms with Gasteiger partial charge in [-0.2, -0.15) is 0 Å². The van der Waals surface area contributed by atoms with Gasteiger partial charge in [-0.25, -0.2) is 9.59 Å². The minimum Gasteiger partial charge on any atom is -0.465 e. The number of nitrogen functional groups attached to an aromatic ring is 1. The summed E-state index contributed by atoms with van der Waals surface area (Å²) >= 11 is 0. The van der Waals surface area contributed by atoms with Crippen LogP contribution in [0.25, 0.3) is 0 Å². The number of carbonyl (C=O) groups excluding carboxylic acids is 2. The third-order valence-electron chi connectivity index (χ3n) is 3.57. The molecule has 0 aliphatic carbocycles. The fourth-order valence-corrected chi connectivity index (χ4v) is 2.34. The Labute approximate surface area is 134 Å². The van der Waals surface area contributed by atoms with E-state index in [-0.39, 0.29) is 11.9 Å². The van der Waals surface area contributed by atoms with Crippen LogP contribution in [0, 0.1) is 0 Å². The Morgan fingerprint density at radius 3 is 2.30 bits per heavy atom. The normalized spacial score (nSPS) is 10.3. The zero-order chi connectivity index (χ0) is 16.8. The average molecular weight is 317 g/mol. The van der Waals surface area contributed by atoms with Gasteiger partial charge in [0.25, 0.3) is 0 Å². The molecule has 2 rings (SSSR count). The van der Waals surface area contributed by atoms with E-state index in [1.165, 1.54) is 20.5 Å². The number of ether oxygens (including phenoxy) is 2. The smallest absolute Gasteiger partial charge is 0.343 e. The van der Waals surface area contributed by atoms with Crippen molar-refractivity contribution in [1.82, 2.24) is 0 Å². The first kappa shape index (κ1) is 16.6. The van der Waals surface area contributed by atoms with Gasteiger partial charge in [-0.3, -0.25) is 0 Å². The van der Waals surface area contributed by atoms with E-state index in [0.717, 1.165) is 24.0 Å². The van der Waals surface area contributed by atoms with Gasteiger partial charge in [0.05, 0.1) is 26.0 Å². The number of benzene rings is 1. The topological polar surface area (TPSA) is 91.8 Å². The number of methoxy groups -OCH3 is 2. The highest BCUT2D eigenvalue weighted by atomic mass is 16.5. The number of nitrogens with two attached hydrogens (primary N) is 1. The van der Waals surface area contributed by atoms with E-state index < -0.39 is 5.97 Å². The molecule has 1 heterocycles. The molecule has 0 saturated carbocycles. The summed E-state index contributed by atoms with van der Waals surface area (Å²) in [6.45, 7) is 0. The van der Waals surface area contributed by atoms with Crippen molar-refractivity contribution in [3.8, 4) is 0 Å². The Hall–Kier alpha value is -2.76. The largest absolute Gasteiger partial charge is 0.465 e. The molecule has 0 unspecified atom stereocenters. The van der Waals surface area contributed by atoms with Crippen LogP contribution in [0.1, 0.15) is 38.3 Å². The van der Waals surface area contributed by atoms with Crippen LogP contribution in [0.4, 0.5) is 5.88 Å². The first-order chi connectivity index (χ1) is 11.1. The molecular formula is C17H19NO5. The summed E-state index contributed by atoms with van der Waals surface area (Å²) in [5.41, 5.74) is 8.30. The van der Waals surface area contributed by atoms with E-state index in [0.29, 0.717) is 17.5 Å². The molecule has 122 valence electrons. The maximum atomic E-state index is 11.7. The molecule has 6 heteroatoms. The van der Waals surface area contributed by atoms with E-state index in [1.54, 1.807) is 12.1 Å². The van der Waals surface area contributed by atoms with Crippen molar-refractivity contribution < 1.29 is 23.5 Å². The Morgan fingerprint density at radius 2 is 1.70 bits per heavy atom. The van der Waals surface area contributed by atoms with Crippen LogP contribution in [0.2, 0.25) is 0 Å². The highest BCUT2D eigenvalue weighted by Crippen LogP contribution is 2.22. The molecule has 0 aliphatic heterocycles. The fourth-order valence-electron chi connectivity index (χ4n) is 2.34. The summed E-state index contributed by atoms with van der Waals surface area (Å²) < 4.78 is 14.5. The first-order valence-electron chi connectivity index (χ1n) is 7.18. The van der Waals surface area contributed by atoms with Crippen LogP contribution in [0.3, 0.4) is 0 Å². The summed E-state index contributed by atoms with van der Waals surface area (Å²) in [5, 5.41) is 0. The van der Waals surface area contributed by atoms with Gasteiger partial charge in [0.2, 0.25) is 5.88 Å². The molecule has 0 radical (unpaired) electrons. The summed E-state index contributed by atoms with van der Waals surface area (Å²) in [6, 6.07) is 7.24. The maximum absolute atomic E-state index is 11.7. The molecule has 0 atom stereocenters. The lowest BCUT2D eigenvalue weighted by atomic mass is 10.0. The number of carbonyl (C=O) groups is 2. The van der Waals surface area contributed by atoms with Gasteiger partial charge in [0.15, 0.2) is 0 Å². The van der Waals surface area contributed by atoms with Crippen molar-refractivity contribution in [2.45, 2.75) is 19.3 Å². The van der Waals surface area contributed by atoms with Gasteiger partial charge in [0.1, 0.15) is 5.56 Å². The first-order valence-corrected chi connectivity index (χ1v) is 7.18. The highest BCUT2D eigenvalue weighted by Gasteiger charge is 2.19. The van der Waals surface area contributed by atoms with Gasteiger partial charge in [0, 0.05) is 5.56 Å². The van der Waals surface area contributed by atoms with E-state index in [2.05, 4.69) is 4.74 Å². The summed E-state index contributed by atoms with van der Waals surface area (Å²) in [4.78, 5) is 23.0. The SMILES string of the molecule is COC(=O)c1ccc(CCCc2coc(N)c2C(=O)OC)cc1. The number of furan rings is 1. The monoisotopic (exact) mass is 317 g/mol. The van der Waals surface area contributed by atoms with Crippen LogP contribution < -0.4 is 5.73 Å². The van der Waals surface area contributed by atoms with E-state index in [1.807, 2.05) is 12.1 Å². The molecule has 2 aromatic rings. The van der Waals surface area contributed by atoms with Gasteiger partial charge in [-0.15, -0.1) is 0 Å². The molecule has 0 aliphatic rings. The lowest BCUT2D eigenvalue weighted by Gasteiger charge is -2.04. The zero-order valence-corrected chi connectivity index (χ0v) is 13.1. The van der Waals surface area contributed by atoms with Crippen molar-refractivity contribution >= 4 is 17.8 Å². The summed E-state index contributed by atoms with van der Waals surface area (Å²) in [6.07, 6.45) is 3.74. The number of aryl methyl sites for hydroxylation is 2. The number of rotatable bonds is 6. The van der Waals surface area contributed by atoms with Gasteiger partial charge in [-0.1, -0.05) is 12.1 Å². The van der Waals surface area contributed by atoms with Crippen LogP contribution in [-0.2, 0) is 22.3 Å². The lowest BCUT2D eigenvalue weighted by Crippen LogP contribution is -2.06. The lowest BCUT2D eigenvalue weighted by molar-refractivity contribution is 0.0591. The van der Waals surface area contributed by atoms with Crippen molar-refractivity contribution in [3.63, 3.8) is 0 Å². The fraction of sp³-hybridized carbons (Fsp3) is 0.294. The number of hydrogen-bond donors (Lipinski definition) is 1. The van der Waals surface area contributed by atoms with Crippen molar-refractivity contribution in [3.05, 3.63) is 52.8 Å². The van der Waals surface area contributed by atoms with Crippen LogP contribution in [0.5, 0.6) is 0 Å². The molecule has 1 aromatic carbocycles. The zero-order valence-electron chi connectivity index (χ0n) is 13.1. The molecule has 1 aromatic heterocycles. The van der Waals surface area contributed by atoms with Crippen LogP contribution in [0.15, 0.2) is 34.9 Å². The van der Waals surface area contributed by atoms with Crippen LogP contribution >= 0.6 is 0 Å². The number of esters is 2. The molecule has 0 bridgehead atoms. The van der Waals surface area contributed by atoms with E-state index >= 15 is 0 Å². The molecule has 0 fully saturated rings. The Balaban J connectivity index is 1.95. The molecule has 0 spiro atoms. The second kappa shape index (κ2) is 7.49. The third-order valence-corrected chi connectivity index (χ3v) is 3.57. The molecule has 0 saturated heterocycles. The molecule has 23 heavy (non-hydrogen) atoms. The van der Waals surface area contributed by atoms with Crippen LogP contribution in [-0.4, -0.2) is 26.2 Å². The quantitative estimate of drug-likeness (QED) is 0.823. The third kappa shape index (κ3) is 3.91. The van der Waals surface area contributed by atoms with E-state index in [9.17, 15) is 9.59 Å². The second-order valence-corrected chi connectivity index (χ2v) is 5.03. The minimum atomic E-state index is -0.492. The number of anilines is 1.